The average Bonchev–Trinajstić information content (AvgIpc) is 2.14. The molecule has 0 bridgehead atoms. The van der Waals surface area contributed by atoms with Gasteiger partial charge in [0.2, 0.25) is 5.88 Å². The van der Waals surface area contributed by atoms with Crippen LogP contribution in [0.25, 0.3) is 0 Å². The summed E-state index contributed by atoms with van der Waals surface area (Å²) in [4.78, 5) is 14.1. The van der Waals surface area contributed by atoms with Gasteiger partial charge in [0.05, 0.1) is 12.7 Å². The zero-order valence-corrected chi connectivity index (χ0v) is 10.00. The van der Waals surface area contributed by atoms with E-state index in [1.54, 1.807) is 22.6 Å². The number of nitrogens with zero attached hydrogens (tertiary/aromatic N) is 1. The molecule has 0 N–H and O–H groups in total. The van der Waals surface area contributed by atoms with Crippen molar-refractivity contribution in [3.63, 3.8) is 0 Å². The van der Waals surface area contributed by atoms with E-state index in [2.05, 4.69) is 9.72 Å². The quantitative estimate of drug-likeness (QED) is 0.479. The summed E-state index contributed by atoms with van der Waals surface area (Å²) in [5.74, 6) is -0.579. The maximum Gasteiger partial charge on any atom is 0.574 e. The van der Waals surface area contributed by atoms with Gasteiger partial charge in [0.25, 0.3) is 0 Å². The lowest BCUT2D eigenvalue weighted by Crippen LogP contribution is -2.18. The molecule has 0 spiro atoms. The summed E-state index contributed by atoms with van der Waals surface area (Å²) in [7, 11) is 1.29. The molecule has 0 atom stereocenters. The number of rotatable bonds is 3. The summed E-state index contributed by atoms with van der Waals surface area (Å²) >= 11 is 1.64. The molecule has 0 unspecified atom stereocenters. The van der Waals surface area contributed by atoms with Crippen molar-refractivity contribution in [1.29, 1.82) is 0 Å². The summed E-state index contributed by atoms with van der Waals surface area (Å²) < 4.78 is 44.2. The Morgan fingerprint density at radius 1 is 1.50 bits per heavy atom. The minimum absolute atomic E-state index is 0.0545. The van der Waals surface area contributed by atoms with Gasteiger partial charge in [-0.25, -0.2) is 4.98 Å². The van der Waals surface area contributed by atoms with E-state index in [1.165, 1.54) is 7.11 Å². The van der Waals surface area contributed by atoms with E-state index in [9.17, 15) is 18.0 Å². The number of pyridine rings is 1. The number of aldehydes is 1. The number of carbonyl (C=O) groups is 1. The molecule has 1 aromatic rings. The molecule has 0 aliphatic rings. The van der Waals surface area contributed by atoms with Gasteiger partial charge in [0.15, 0.2) is 12.0 Å². The van der Waals surface area contributed by atoms with Gasteiger partial charge in [-0.15, -0.1) is 13.2 Å². The smallest absolute Gasteiger partial charge is 0.493 e. The van der Waals surface area contributed by atoms with Crippen LogP contribution in [0, 0.1) is 3.70 Å². The highest BCUT2D eigenvalue weighted by atomic mass is 127. The maximum absolute atomic E-state index is 11.9. The van der Waals surface area contributed by atoms with Crippen LogP contribution in [-0.2, 0) is 0 Å². The van der Waals surface area contributed by atoms with Crippen LogP contribution >= 0.6 is 22.6 Å². The fourth-order valence-electron chi connectivity index (χ4n) is 0.958. The van der Waals surface area contributed by atoms with Crippen molar-refractivity contribution in [3.05, 3.63) is 15.3 Å². The van der Waals surface area contributed by atoms with Crippen molar-refractivity contribution in [2.75, 3.05) is 7.11 Å². The molecule has 0 aliphatic heterocycles. The molecule has 4 nitrogen and oxygen atoms in total. The Hall–Kier alpha value is -1.06. The number of carbonyl (C=O) groups excluding carboxylic acids is 1. The topological polar surface area (TPSA) is 48.4 Å². The summed E-state index contributed by atoms with van der Waals surface area (Å²) in [5.41, 5.74) is -0.0545. The highest BCUT2D eigenvalue weighted by molar-refractivity contribution is 14.1. The Morgan fingerprint density at radius 3 is 2.56 bits per heavy atom. The van der Waals surface area contributed by atoms with Crippen molar-refractivity contribution < 1.29 is 27.4 Å². The zero-order chi connectivity index (χ0) is 12.3. The molecular formula is C8H5F3INO3. The molecule has 8 heteroatoms. The van der Waals surface area contributed by atoms with E-state index in [4.69, 9.17) is 4.74 Å². The van der Waals surface area contributed by atoms with Crippen LogP contribution in [0.2, 0.25) is 0 Å². The number of aromatic nitrogens is 1. The molecule has 0 saturated carbocycles. The van der Waals surface area contributed by atoms with Crippen LogP contribution < -0.4 is 9.47 Å². The fourth-order valence-corrected chi connectivity index (χ4v) is 1.73. The molecule has 0 radical (unpaired) electrons. The first kappa shape index (κ1) is 13.0. The van der Waals surface area contributed by atoms with E-state index in [1.807, 2.05) is 0 Å². The Kier molecular flexibility index (Phi) is 3.94. The predicted octanol–water partition coefficient (Wildman–Crippen LogP) is 2.41. The predicted molar refractivity (Wildman–Crippen MR) is 55.6 cm³/mol. The lowest BCUT2D eigenvalue weighted by molar-refractivity contribution is -0.276. The van der Waals surface area contributed by atoms with Gasteiger partial charge in [-0.05, 0) is 22.6 Å². The molecule has 16 heavy (non-hydrogen) atoms. The van der Waals surface area contributed by atoms with Gasteiger partial charge in [-0.3, -0.25) is 4.79 Å². The Morgan fingerprint density at radius 2 is 2.12 bits per heavy atom. The highest BCUT2D eigenvalue weighted by Gasteiger charge is 2.32. The SMILES string of the molecule is COc1c(C=O)cc(OC(F)(F)F)nc1I. The Balaban J connectivity index is 3.15. The molecule has 1 heterocycles. The summed E-state index contributed by atoms with van der Waals surface area (Å²) in [6.07, 6.45) is -4.48. The minimum Gasteiger partial charge on any atom is -0.493 e. The van der Waals surface area contributed by atoms with Gasteiger partial charge < -0.3 is 9.47 Å². The van der Waals surface area contributed by atoms with Crippen molar-refractivity contribution in [2.45, 2.75) is 6.36 Å². The molecule has 0 fully saturated rings. The van der Waals surface area contributed by atoms with Gasteiger partial charge in [-0.2, -0.15) is 0 Å². The lowest BCUT2D eigenvalue weighted by Gasteiger charge is -2.11. The normalized spacial score (nSPS) is 11.1. The maximum atomic E-state index is 11.9. The second kappa shape index (κ2) is 4.85. The summed E-state index contributed by atoms with van der Waals surface area (Å²) in [5, 5.41) is 0. The van der Waals surface area contributed by atoms with Crippen LogP contribution in [-0.4, -0.2) is 24.7 Å². The molecule has 88 valence electrons. The fraction of sp³-hybridized carbons (Fsp3) is 0.250. The van der Waals surface area contributed by atoms with E-state index in [-0.39, 0.29) is 15.0 Å². The zero-order valence-electron chi connectivity index (χ0n) is 7.84. The number of ether oxygens (including phenoxy) is 2. The molecule has 0 amide bonds. The summed E-state index contributed by atoms with van der Waals surface area (Å²) in [6.45, 7) is 0. The van der Waals surface area contributed by atoms with Crippen LogP contribution in [0.4, 0.5) is 13.2 Å². The summed E-state index contributed by atoms with van der Waals surface area (Å²) in [6, 6.07) is 0.863. The third-order valence-corrected chi connectivity index (χ3v) is 2.22. The third kappa shape index (κ3) is 3.22. The van der Waals surface area contributed by atoms with Crippen molar-refractivity contribution in [1.82, 2.24) is 4.98 Å². The van der Waals surface area contributed by atoms with Gasteiger partial charge in [0.1, 0.15) is 3.70 Å². The first-order chi connectivity index (χ1) is 7.37. The van der Waals surface area contributed by atoms with Crippen molar-refractivity contribution in [2.24, 2.45) is 0 Å². The lowest BCUT2D eigenvalue weighted by atomic mass is 10.3. The van der Waals surface area contributed by atoms with Crippen LogP contribution in [0.5, 0.6) is 11.6 Å². The number of hydrogen-bond donors (Lipinski definition) is 0. The number of hydrogen-bond acceptors (Lipinski definition) is 4. The second-order valence-corrected chi connectivity index (χ2v) is 3.56. The highest BCUT2D eigenvalue weighted by Crippen LogP contribution is 2.29. The monoisotopic (exact) mass is 347 g/mol. The Bertz CT molecular complexity index is 408. The average molecular weight is 347 g/mol. The molecule has 1 rings (SSSR count). The number of alkyl halides is 3. The number of halogens is 4. The molecule has 1 aromatic heterocycles. The van der Waals surface area contributed by atoms with E-state index in [0.29, 0.717) is 6.29 Å². The Labute approximate surface area is 102 Å². The van der Waals surface area contributed by atoms with E-state index < -0.39 is 12.2 Å². The van der Waals surface area contributed by atoms with Gasteiger partial charge >= 0.3 is 6.36 Å². The minimum atomic E-state index is -4.84. The largest absolute Gasteiger partial charge is 0.574 e. The molecular weight excluding hydrogens is 342 g/mol. The third-order valence-electron chi connectivity index (χ3n) is 1.49. The van der Waals surface area contributed by atoms with E-state index in [0.717, 1.165) is 6.07 Å². The van der Waals surface area contributed by atoms with Crippen molar-refractivity contribution >= 4 is 28.9 Å². The molecule has 0 saturated heterocycles. The first-order valence-corrected chi connectivity index (χ1v) is 4.90. The van der Waals surface area contributed by atoms with Crippen molar-refractivity contribution in [3.8, 4) is 11.6 Å². The van der Waals surface area contributed by atoms with Crippen LogP contribution in [0.1, 0.15) is 10.4 Å². The first-order valence-electron chi connectivity index (χ1n) is 3.83. The molecule has 0 aromatic carbocycles. The molecule has 0 aliphatic carbocycles. The van der Waals surface area contributed by atoms with Gasteiger partial charge in [-0.1, -0.05) is 0 Å². The van der Waals surface area contributed by atoms with Crippen LogP contribution in [0.3, 0.4) is 0 Å². The van der Waals surface area contributed by atoms with Gasteiger partial charge in [0, 0.05) is 6.07 Å². The standard InChI is InChI=1S/C8H5F3INO3/c1-15-6-4(3-14)2-5(13-7(6)12)16-8(9,10)11/h2-3H,1H3. The van der Waals surface area contributed by atoms with Crippen LogP contribution in [0.15, 0.2) is 6.07 Å². The van der Waals surface area contributed by atoms with E-state index >= 15 is 0 Å². The number of methoxy groups -OCH3 is 1. The second-order valence-electron chi connectivity index (χ2n) is 2.54.